The van der Waals surface area contributed by atoms with E-state index >= 15 is 0 Å². The highest BCUT2D eigenvalue weighted by Gasteiger charge is 2.39. The molecule has 32 heavy (non-hydrogen) atoms. The minimum atomic E-state index is -0.620. The molecule has 1 aromatic heterocycles. The number of benzene rings is 1. The lowest BCUT2D eigenvalue weighted by Crippen LogP contribution is -2.52. The van der Waals surface area contributed by atoms with Crippen molar-refractivity contribution in [3.05, 3.63) is 41.2 Å². The second-order valence-electron chi connectivity index (χ2n) is 8.72. The van der Waals surface area contributed by atoms with E-state index in [1.807, 2.05) is 18.3 Å². The lowest BCUT2D eigenvalue weighted by molar-refractivity contribution is -0.136. The maximum absolute atomic E-state index is 12.8. The minimum absolute atomic E-state index is 0.176. The number of hydrogen-bond acceptors (Lipinski definition) is 7. The number of hydrogen-bond donors (Lipinski definition) is 2. The lowest BCUT2D eigenvalue weighted by atomic mass is 10.0. The van der Waals surface area contributed by atoms with E-state index in [0.29, 0.717) is 18.5 Å². The Morgan fingerprint density at radius 2 is 1.94 bits per heavy atom. The fraction of sp³-hybridized carbons (Fsp3) is 0.500. The summed E-state index contributed by atoms with van der Waals surface area (Å²) in [6.07, 6.45) is 4.72. The van der Waals surface area contributed by atoms with Crippen molar-refractivity contribution in [3.8, 4) is 5.69 Å². The van der Waals surface area contributed by atoms with Crippen molar-refractivity contribution >= 4 is 17.7 Å². The van der Waals surface area contributed by atoms with Crippen LogP contribution in [-0.2, 0) is 22.6 Å². The number of carbonyl (C=O) groups is 3. The minimum Gasteiger partial charge on any atom is -0.393 e. The molecule has 1 unspecified atom stereocenters. The molecule has 0 aliphatic carbocycles. The average molecular weight is 438 g/mol. The first kappa shape index (κ1) is 20.8. The first-order chi connectivity index (χ1) is 15.5. The molecule has 3 amide bonds. The molecule has 4 heterocycles. The Labute approximate surface area is 185 Å². The normalized spacial score (nSPS) is 22.3. The van der Waals surface area contributed by atoms with E-state index < -0.39 is 11.9 Å². The van der Waals surface area contributed by atoms with Gasteiger partial charge < -0.3 is 14.9 Å². The Bertz CT molecular complexity index is 1060. The van der Waals surface area contributed by atoms with Crippen LogP contribution in [0.1, 0.15) is 47.3 Å². The summed E-state index contributed by atoms with van der Waals surface area (Å²) in [5.74, 6) is -0.892. The molecule has 3 aliphatic heterocycles. The van der Waals surface area contributed by atoms with E-state index in [0.717, 1.165) is 55.8 Å². The lowest BCUT2D eigenvalue weighted by Gasteiger charge is -2.29. The monoisotopic (exact) mass is 438 g/mol. The summed E-state index contributed by atoms with van der Waals surface area (Å²) in [6.45, 7) is 3.01. The molecule has 10 nitrogen and oxygen atoms in total. The molecule has 5 rings (SSSR count). The number of rotatable bonds is 5. The van der Waals surface area contributed by atoms with Crippen molar-refractivity contribution in [3.63, 3.8) is 0 Å². The molecule has 0 radical (unpaired) electrons. The quantitative estimate of drug-likeness (QED) is 0.632. The van der Waals surface area contributed by atoms with Crippen LogP contribution in [-0.4, -0.2) is 79.4 Å². The van der Waals surface area contributed by atoms with Gasteiger partial charge in [-0.05, 0) is 43.0 Å². The molecule has 10 heteroatoms. The Morgan fingerprint density at radius 3 is 2.72 bits per heavy atom. The zero-order valence-corrected chi connectivity index (χ0v) is 17.7. The highest BCUT2D eigenvalue weighted by molar-refractivity contribution is 6.05. The molecular formula is C22H26N6O4. The SMILES string of the molecule is O=C1CCC(N2Cc3cc(-n4cc(CCN5CCC(O)CC5)nn4)ccc3C2=O)C(=O)N1. The second kappa shape index (κ2) is 8.44. The van der Waals surface area contributed by atoms with E-state index in [1.54, 1.807) is 15.6 Å². The summed E-state index contributed by atoms with van der Waals surface area (Å²) in [4.78, 5) is 40.3. The second-order valence-corrected chi connectivity index (χ2v) is 8.72. The van der Waals surface area contributed by atoms with Gasteiger partial charge in [-0.25, -0.2) is 4.68 Å². The number of aromatic nitrogens is 3. The number of imide groups is 1. The third-order valence-electron chi connectivity index (χ3n) is 6.55. The van der Waals surface area contributed by atoms with E-state index in [9.17, 15) is 19.5 Å². The number of nitrogens with one attached hydrogen (secondary N) is 1. The molecule has 2 N–H and O–H groups in total. The number of nitrogens with zero attached hydrogens (tertiary/aromatic N) is 5. The first-order valence-electron chi connectivity index (χ1n) is 11.1. The van der Waals surface area contributed by atoms with E-state index in [2.05, 4.69) is 20.5 Å². The summed E-state index contributed by atoms with van der Waals surface area (Å²) in [7, 11) is 0. The van der Waals surface area contributed by atoms with Crippen LogP contribution in [0.25, 0.3) is 5.69 Å². The fourth-order valence-electron chi connectivity index (χ4n) is 4.66. The van der Waals surface area contributed by atoms with Gasteiger partial charge in [-0.3, -0.25) is 19.7 Å². The van der Waals surface area contributed by atoms with Crippen LogP contribution in [0.5, 0.6) is 0 Å². The first-order valence-corrected chi connectivity index (χ1v) is 11.1. The molecular weight excluding hydrogens is 412 g/mol. The number of aliphatic hydroxyl groups excluding tert-OH is 1. The third kappa shape index (κ3) is 4.03. The summed E-state index contributed by atoms with van der Waals surface area (Å²) >= 11 is 0. The maximum Gasteiger partial charge on any atom is 0.255 e. The van der Waals surface area contributed by atoms with Crippen molar-refractivity contribution in [1.82, 2.24) is 30.1 Å². The molecule has 2 fully saturated rings. The molecule has 168 valence electrons. The summed E-state index contributed by atoms with van der Waals surface area (Å²) in [6, 6.07) is 4.88. The summed E-state index contributed by atoms with van der Waals surface area (Å²) in [5, 5.41) is 20.5. The molecule has 0 bridgehead atoms. The molecule has 2 aromatic rings. The van der Waals surface area contributed by atoms with Gasteiger partial charge in [-0.2, -0.15) is 0 Å². The summed E-state index contributed by atoms with van der Waals surface area (Å²) < 4.78 is 1.70. The van der Waals surface area contributed by atoms with Crippen LogP contribution < -0.4 is 5.32 Å². The Balaban J connectivity index is 1.25. The average Bonchev–Trinajstić information content (AvgIpc) is 3.38. The Kier molecular flexibility index (Phi) is 5.48. The Morgan fingerprint density at radius 1 is 1.12 bits per heavy atom. The number of amides is 3. The van der Waals surface area contributed by atoms with Gasteiger partial charge >= 0.3 is 0 Å². The van der Waals surface area contributed by atoms with Crippen molar-refractivity contribution < 1.29 is 19.5 Å². The van der Waals surface area contributed by atoms with Crippen molar-refractivity contribution in [1.29, 1.82) is 0 Å². The van der Waals surface area contributed by atoms with Crippen LogP contribution in [0.4, 0.5) is 0 Å². The third-order valence-corrected chi connectivity index (χ3v) is 6.55. The Hall–Kier alpha value is -3.11. The van der Waals surface area contributed by atoms with E-state index in [4.69, 9.17) is 0 Å². The van der Waals surface area contributed by atoms with Gasteiger partial charge in [0.05, 0.1) is 23.7 Å². The topological polar surface area (TPSA) is 121 Å². The zero-order valence-electron chi connectivity index (χ0n) is 17.7. The van der Waals surface area contributed by atoms with Gasteiger partial charge in [-0.1, -0.05) is 5.21 Å². The van der Waals surface area contributed by atoms with Crippen LogP contribution in [0.2, 0.25) is 0 Å². The number of aliphatic hydroxyl groups is 1. The predicted octanol–water partition coefficient (Wildman–Crippen LogP) is 0.0275. The zero-order chi connectivity index (χ0) is 22.2. The summed E-state index contributed by atoms with van der Waals surface area (Å²) in [5.41, 5.74) is 3.10. The molecule has 2 saturated heterocycles. The standard InChI is InChI=1S/C22H26N6O4/c29-17-6-9-26(10-7-17)8-5-15-13-28(25-24-15)16-1-2-18-14(11-16)12-27(22(18)32)19-3-4-20(30)23-21(19)31/h1-2,11,13,17,19,29H,3-10,12H2,(H,23,30,31). The predicted molar refractivity (Wildman–Crippen MR) is 113 cm³/mol. The molecule has 1 atom stereocenters. The molecule has 0 spiro atoms. The van der Waals surface area contributed by atoms with Gasteiger partial charge in [0.25, 0.3) is 5.91 Å². The van der Waals surface area contributed by atoms with Gasteiger partial charge in [0.15, 0.2) is 0 Å². The van der Waals surface area contributed by atoms with Crippen LogP contribution in [0, 0.1) is 0 Å². The number of carbonyl (C=O) groups excluding carboxylic acids is 3. The molecule has 1 aromatic carbocycles. The van der Waals surface area contributed by atoms with E-state index in [1.165, 1.54) is 0 Å². The number of fused-ring (bicyclic) bond motifs is 1. The van der Waals surface area contributed by atoms with Crippen LogP contribution in [0.15, 0.2) is 24.4 Å². The van der Waals surface area contributed by atoms with Crippen LogP contribution >= 0.6 is 0 Å². The van der Waals surface area contributed by atoms with Gasteiger partial charge in [0.2, 0.25) is 11.8 Å². The van der Waals surface area contributed by atoms with E-state index in [-0.39, 0.29) is 24.3 Å². The highest BCUT2D eigenvalue weighted by atomic mass is 16.3. The highest BCUT2D eigenvalue weighted by Crippen LogP contribution is 2.29. The largest absolute Gasteiger partial charge is 0.393 e. The fourth-order valence-corrected chi connectivity index (χ4v) is 4.66. The van der Waals surface area contributed by atoms with Crippen molar-refractivity contribution in [2.75, 3.05) is 19.6 Å². The smallest absolute Gasteiger partial charge is 0.255 e. The molecule has 3 aliphatic rings. The molecule has 0 saturated carbocycles. The maximum atomic E-state index is 12.8. The van der Waals surface area contributed by atoms with Gasteiger partial charge in [0, 0.05) is 44.6 Å². The number of likely N-dealkylation sites (tertiary alicyclic amines) is 1. The van der Waals surface area contributed by atoms with Crippen molar-refractivity contribution in [2.45, 2.75) is 50.8 Å². The van der Waals surface area contributed by atoms with Crippen molar-refractivity contribution in [2.24, 2.45) is 0 Å². The van der Waals surface area contributed by atoms with Crippen LogP contribution in [0.3, 0.4) is 0 Å². The van der Waals surface area contributed by atoms with Gasteiger partial charge in [-0.15, -0.1) is 5.10 Å². The number of piperidine rings is 2. The van der Waals surface area contributed by atoms with Gasteiger partial charge in [0.1, 0.15) is 6.04 Å².